The van der Waals surface area contributed by atoms with E-state index < -0.39 is 0 Å². The average molecular weight is 293 g/mol. The van der Waals surface area contributed by atoms with Crippen LogP contribution in [0.5, 0.6) is 0 Å². The first kappa shape index (κ1) is 17.9. The molecule has 21 heavy (non-hydrogen) atoms. The number of hydrogen-bond donors (Lipinski definition) is 1. The van der Waals surface area contributed by atoms with Crippen LogP contribution in [-0.4, -0.2) is 42.7 Å². The van der Waals surface area contributed by atoms with Crippen molar-refractivity contribution in [2.24, 2.45) is 0 Å². The molecule has 0 aliphatic carbocycles. The second-order valence-electron chi connectivity index (χ2n) is 5.41. The van der Waals surface area contributed by atoms with Crippen molar-refractivity contribution in [3.63, 3.8) is 0 Å². The smallest absolute Gasteiger partial charge is 0.125 e. The van der Waals surface area contributed by atoms with E-state index in [0.29, 0.717) is 6.04 Å². The molecule has 0 unspecified atom stereocenters. The first-order valence-electron chi connectivity index (χ1n) is 8.16. The van der Waals surface area contributed by atoms with Crippen molar-refractivity contribution < 1.29 is 4.74 Å². The molecule has 0 saturated heterocycles. The lowest BCUT2D eigenvalue weighted by Crippen LogP contribution is -2.36. The second-order valence-corrected chi connectivity index (χ2v) is 5.41. The van der Waals surface area contributed by atoms with Gasteiger partial charge in [-0.05, 0) is 30.9 Å². The molecule has 1 aromatic rings. The molecule has 0 radical (unpaired) electrons. The third kappa shape index (κ3) is 6.44. The topological polar surface area (TPSA) is 37.4 Å². The highest BCUT2D eigenvalue weighted by Gasteiger charge is 2.15. The number of methoxy groups -OCH3 is 1. The van der Waals surface area contributed by atoms with Gasteiger partial charge in [-0.3, -0.25) is 4.90 Å². The van der Waals surface area contributed by atoms with Gasteiger partial charge in [-0.1, -0.05) is 26.8 Å². The van der Waals surface area contributed by atoms with Crippen molar-refractivity contribution in [3.8, 4) is 0 Å². The first-order chi connectivity index (χ1) is 10.2. The van der Waals surface area contributed by atoms with Crippen LogP contribution in [0.15, 0.2) is 18.3 Å². The molecule has 0 atom stereocenters. The molecule has 0 fully saturated rings. The van der Waals surface area contributed by atoms with Gasteiger partial charge in [0.25, 0.3) is 0 Å². The number of ether oxygens (including phenoxy) is 1. The van der Waals surface area contributed by atoms with E-state index in [1.807, 2.05) is 6.20 Å². The summed E-state index contributed by atoms with van der Waals surface area (Å²) in [6.07, 6.45) is 5.44. The van der Waals surface area contributed by atoms with Gasteiger partial charge in [0.1, 0.15) is 5.82 Å². The maximum atomic E-state index is 5.25. The summed E-state index contributed by atoms with van der Waals surface area (Å²) in [6, 6.07) is 4.86. The maximum absolute atomic E-state index is 5.25. The minimum Gasteiger partial charge on any atom is -0.383 e. The Kier molecular flexibility index (Phi) is 9.02. The number of hydrogen-bond acceptors (Lipinski definition) is 4. The van der Waals surface area contributed by atoms with E-state index in [1.54, 1.807) is 7.11 Å². The van der Waals surface area contributed by atoms with Gasteiger partial charge < -0.3 is 10.1 Å². The third-order valence-corrected chi connectivity index (χ3v) is 3.81. The van der Waals surface area contributed by atoms with Crippen LogP contribution in [0.4, 0.5) is 5.82 Å². The summed E-state index contributed by atoms with van der Waals surface area (Å²) >= 11 is 0. The number of aromatic nitrogens is 1. The van der Waals surface area contributed by atoms with Crippen molar-refractivity contribution in [2.75, 3.05) is 32.1 Å². The predicted molar refractivity (Wildman–Crippen MR) is 89.7 cm³/mol. The molecule has 1 heterocycles. The molecule has 0 saturated carbocycles. The van der Waals surface area contributed by atoms with Crippen LogP contribution in [0.1, 0.15) is 45.6 Å². The lowest BCUT2D eigenvalue weighted by atomic mass is 10.1. The molecule has 1 aromatic heterocycles. The molecule has 0 aromatic carbocycles. The largest absolute Gasteiger partial charge is 0.383 e. The molecule has 0 amide bonds. The highest BCUT2D eigenvalue weighted by Crippen LogP contribution is 2.14. The van der Waals surface area contributed by atoms with E-state index in [9.17, 15) is 0 Å². The van der Waals surface area contributed by atoms with Crippen LogP contribution < -0.4 is 5.32 Å². The Hall–Kier alpha value is -1.13. The molecular formula is C17H31N3O. The van der Waals surface area contributed by atoms with E-state index in [-0.39, 0.29) is 0 Å². The normalized spacial score (nSPS) is 11.3. The first-order valence-corrected chi connectivity index (χ1v) is 8.16. The number of nitrogens with one attached hydrogen (secondary N) is 1. The molecule has 1 rings (SSSR count). The molecule has 0 aliphatic rings. The Bertz CT molecular complexity index is 363. The maximum Gasteiger partial charge on any atom is 0.125 e. The van der Waals surface area contributed by atoms with Gasteiger partial charge in [-0.2, -0.15) is 0 Å². The highest BCUT2D eigenvalue weighted by atomic mass is 16.5. The Morgan fingerprint density at radius 1 is 1.24 bits per heavy atom. The fourth-order valence-electron chi connectivity index (χ4n) is 2.51. The van der Waals surface area contributed by atoms with Crippen LogP contribution in [0.3, 0.4) is 0 Å². The zero-order valence-electron chi connectivity index (χ0n) is 14.1. The van der Waals surface area contributed by atoms with Crippen molar-refractivity contribution >= 4 is 5.82 Å². The SMILES string of the molecule is CCCNc1ccc(CN(CCOC)C(CC)CC)cn1. The zero-order chi connectivity index (χ0) is 15.5. The molecule has 1 N–H and O–H groups in total. The van der Waals surface area contributed by atoms with Gasteiger partial charge in [0.2, 0.25) is 0 Å². The minimum absolute atomic E-state index is 0.609. The van der Waals surface area contributed by atoms with Crippen molar-refractivity contribution in [1.29, 1.82) is 0 Å². The summed E-state index contributed by atoms with van der Waals surface area (Å²) in [5, 5.41) is 3.31. The number of nitrogens with zero attached hydrogens (tertiary/aromatic N) is 2. The minimum atomic E-state index is 0.609. The Morgan fingerprint density at radius 2 is 2.00 bits per heavy atom. The van der Waals surface area contributed by atoms with E-state index in [4.69, 9.17) is 4.74 Å². The van der Waals surface area contributed by atoms with Crippen LogP contribution in [0, 0.1) is 0 Å². The standard InChI is InChI=1S/C17H31N3O/c1-5-10-18-17-9-8-15(13-19-17)14-20(11-12-21-4)16(6-2)7-3/h8-9,13,16H,5-7,10-12,14H2,1-4H3,(H,18,19). The Balaban J connectivity index is 2.64. The van der Waals surface area contributed by atoms with Crippen LogP contribution >= 0.6 is 0 Å². The molecule has 0 bridgehead atoms. The van der Waals surface area contributed by atoms with Crippen LogP contribution in [-0.2, 0) is 11.3 Å². The zero-order valence-corrected chi connectivity index (χ0v) is 14.1. The van der Waals surface area contributed by atoms with Crippen LogP contribution in [0.25, 0.3) is 0 Å². The summed E-state index contributed by atoms with van der Waals surface area (Å²) in [4.78, 5) is 6.99. The van der Waals surface area contributed by atoms with Crippen molar-refractivity contribution in [1.82, 2.24) is 9.88 Å². The molecule has 120 valence electrons. The number of rotatable bonds is 11. The van der Waals surface area contributed by atoms with Gasteiger partial charge in [0.15, 0.2) is 0 Å². The highest BCUT2D eigenvalue weighted by molar-refractivity contribution is 5.35. The van der Waals surface area contributed by atoms with Gasteiger partial charge >= 0.3 is 0 Å². The molecule has 0 spiro atoms. The molecule has 4 heteroatoms. The number of pyridine rings is 1. The summed E-state index contributed by atoms with van der Waals surface area (Å²) in [5.74, 6) is 0.964. The summed E-state index contributed by atoms with van der Waals surface area (Å²) in [5.41, 5.74) is 1.26. The lowest BCUT2D eigenvalue weighted by Gasteiger charge is -2.30. The fourth-order valence-corrected chi connectivity index (χ4v) is 2.51. The van der Waals surface area contributed by atoms with Crippen molar-refractivity contribution in [3.05, 3.63) is 23.9 Å². The number of anilines is 1. The van der Waals surface area contributed by atoms with E-state index in [0.717, 1.165) is 38.5 Å². The average Bonchev–Trinajstić information content (AvgIpc) is 2.52. The van der Waals surface area contributed by atoms with Gasteiger partial charge in [0.05, 0.1) is 6.61 Å². The Morgan fingerprint density at radius 3 is 2.52 bits per heavy atom. The second kappa shape index (κ2) is 10.6. The molecule has 0 aliphatic heterocycles. The van der Waals surface area contributed by atoms with E-state index >= 15 is 0 Å². The van der Waals surface area contributed by atoms with Gasteiger partial charge in [-0.25, -0.2) is 4.98 Å². The summed E-state index contributed by atoms with van der Waals surface area (Å²) in [6.45, 7) is 10.3. The fraction of sp³-hybridized carbons (Fsp3) is 0.706. The van der Waals surface area contributed by atoms with Gasteiger partial charge in [0, 0.05) is 39.0 Å². The molecule has 4 nitrogen and oxygen atoms in total. The van der Waals surface area contributed by atoms with Gasteiger partial charge in [-0.15, -0.1) is 0 Å². The quantitative estimate of drug-likeness (QED) is 0.677. The summed E-state index contributed by atoms with van der Waals surface area (Å²) in [7, 11) is 1.76. The van der Waals surface area contributed by atoms with Crippen LogP contribution in [0.2, 0.25) is 0 Å². The van der Waals surface area contributed by atoms with E-state index in [1.165, 1.54) is 18.4 Å². The Labute approximate surface area is 129 Å². The summed E-state index contributed by atoms with van der Waals surface area (Å²) < 4.78 is 5.25. The van der Waals surface area contributed by atoms with E-state index in [2.05, 4.69) is 48.1 Å². The van der Waals surface area contributed by atoms with Crippen molar-refractivity contribution in [2.45, 2.75) is 52.6 Å². The monoisotopic (exact) mass is 293 g/mol. The third-order valence-electron chi connectivity index (χ3n) is 3.81. The molecular weight excluding hydrogens is 262 g/mol. The predicted octanol–water partition coefficient (Wildman–Crippen LogP) is 3.54. The lowest BCUT2D eigenvalue weighted by molar-refractivity contribution is 0.110.